The lowest BCUT2D eigenvalue weighted by atomic mass is 9.97. The molecule has 0 saturated carbocycles. The molecule has 1 heterocycles. The Hall–Kier alpha value is -1.75. The minimum Gasteiger partial charge on any atom is -0.486 e. The summed E-state index contributed by atoms with van der Waals surface area (Å²) in [4.78, 5) is 11.1. The number of esters is 1. The number of ether oxygens (including phenoxy) is 3. The van der Waals surface area contributed by atoms with Crippen molar-refractivity contribution in [2.75, 3.05) is 20.3 Å². The van der Waals surface area contributed by atoms with E-state index in [1.165, 1.54) is 7.11 Å². The highest BCUT2D eigenvalue weighted by Gasteiger charge is 2.18. The standard InChI is InChI=1S/C14H19NO4/c1-9-7-12-13(19-6-5-18-12)8-10(9)11(15)3-4-14(16)17-2/h7-8,11H,3-6,15H2,1-2H3. The molecular formula is C14H19NO4. The summed E-state index contributed by atoms with van der Waals surface area (Å²) in [5.74, 6) is 1.23. The molecule has 0 bridgehead atoms. The molecule has 5 nitrogen and oxygen atoms in total. The Bertz CT molecular complexity index is 473. The fourth-order valence-corrected chi connectivity index (χ4v) is 2.14. The van der Waals surface area contributed by atoms with E-state index in [0.717, 1.165) is 22.6 Å². The lowest BCUT2D eigenvalue weighted by Gasteiger charge is -2.22. The van der Waals surface area contributed by atoms with E-state index < -0.39 is 0 Å². The van der Waals surface area contributed by atoms with Gasteiger partial charge in [0.25, 0.3) is 0 Å². The Kier molecular flexibility index (Phi) is 4.27. The molecule has 1 aromatic carbocycles. The van der Waals surface area contributed by atoms with Crippen LogP contribution in [0.15, 0.2) is 12.1 Å². The number of aryl methyl sites for hydroxylation is 1. The number of carbonyl (C=O) groups excluding carboxylic acids is 1. The van der Waals surface area contributed by atoms with Crippen molar-refractivity contribution in [2.24, 2.45) is 5.73 Å². The predicted octanol–water partition coefficient (Wildman–Crippen LogP) is 1.72. The van der Waals surface area contributed by atoms with E-state index in [0.29, 0.717) is 26.1 Å². The number of carbonyl (C=O) groups is 1. The number of hydrogen-bond donors (Lipinski definition) is 1. The highest BCUT2D eigenvalue weighted by molar-refractivity contribution is 5.69. The highest BCUT2D eigenvalue weighted by Crippen LogP contribution is 2.35. The first-order chi connectivity index (χ1) is 9.11. The van der Waals surface area contributed by atoms with E-state index in [1.807, 2.05) is 19.1 Å². The predicted molar refractivity (Wildman–Crippen MR) is 70.3 cm³/mol. The normalized spacial score (nSPS) is 14.9. The van der Waals surface area contributed by atoms with E-state index in [4.69, 9.17) is 15.2 Å². The third-order valence-corrected chi connectivity index (χ3v) is 3.22. The molecule has 2 N–H and O–H groups in total. The molecule has 1 aliphatic rings. The first-order valence-corrected chi connectivity index (χ1v) is 6.34. The van der Waals surface area contributed by atoms with Gasteiger partial charge < -0.3 is 19.9 Å². The zero-order valence-electron chi connectivity index (χ0n) is 11.3. The van der Waals surface area contributed by atoms with Crippen molar-refractivity contribution in [2.45, 2.75) is 25.8 Å². The first kappa shape index (κ1) is 13.7. The SMILES string of the molecule is COC(=O)CCC(N)c1cc2c(cc1C)OCCO2. The van der Waals surface area contributed by atoms with Gasteiger partial charge in [-0.3, -0.25) is 4.79 Å². The number of hydrogen-bond acceptors (Lipinski definition) is 5. The summed E-state index contributed by atoms with van der Waals surface area (Å²) in [6, 6.07) is 3.63. The van der Waals surface area contributed by atoms with Gasteiger partial charge >= 0.3 is 5.97 Å². The molecular weight excluding hydrogens is 246 g/mol. The Morgan fingerprint density at radius 2 is 2.00 bits per heavy atom. The van der Waals surface area contributed by atoms with Gasteiger partial charge in [-0.15, -0.1) is 0 Å². The third kappa shape index (κ3) is 3.17. The largest absolute Gasteiger partial charge is 0.486 e. The van der Waals surface area contributed by atoms with Crippen LogP contribution in [0.3, 0.4) is 0 Å². The number of fused-ring (bicyclic) bond motifs is 1. The molecule has 0 saturated heterocycles. The summed E-state index contributed by atoms with van der Waals surface area (Å²) in [6.07, 6.45) is 0.860. The van der Waals surface area contributed by atoms with Crippen LogP contribution < -0.4 is 15.2 Å². The van der Waals surface area contributed by atoms with Crippen LogP contribution in [0, 0.1) is 6.92 Å². The molecule has 0 radical (unpaired) electrons. The molecule has 104 valence electrons. The molecule has 0 spiro atoms. The van der Waals surface area contributed by atoms with Crippen molar-refractivity contribution >= 4 is 5.97 Å². The molecule has 0 aromatic heterocycles. The van der Waals surface area contributed by atoms with E-state index in [9.17, 15) is 4.79 Å². The second kappa shape index (κ2) is 5.93. The van der Waals surface area contributed by atoms with Crippen molar-refractivity contribution in [3.8, 4) is 11.5 Å². The maximum Gasteiger partial charge on any atom is 0.305 e. The maximum absolute atomic E-state index is 11.1. The van der Waals surface area contributed by atoms with Gasteiger partial charge in [0.1, 0.15) is 13.2 Å². The summed E-state index contributed by atoms with van der Waals surface area (Å²) in [5.41, 5.74) is 8.15. The Morgan fingerprint density at radius 1 is 1.37 bits per heavy atom. The Morgan fingerprint density at radius 3 is 2.63 bits per heavy atom. The fourth-order valence-electron chi connectivity index (χ4n) is 2.14. The number of rotatable bonds is 4. The van der Waals surface area contributed by atoms with Crippen molar-refractivity contribution < 1.29 is 19.0 Å². The van der Waals surface area contributed by atoms with Crippen molar-refractivity contribution in [1.29, 1.82) is 0 Å². The van der Waals surface area contributed by atoms with E-state index in [2.05, 4.69) is 4.74 Å². The zero-order valence-corrected chi connectivity index (χ0v) is 11.3. The number of benzene rings is 1. The second-order valence-corrected chi connectivity index (χ2v) is 4.57. The van der Waals surface area contributed by atoms with E-state index in [-0.39, 0.29) is 12.0 Å². The topological polar surface area (TPSA) is 70.8 Å². The molecule has 1 aromatic rings. The third-order valence-electron chi connectivity index (χ3n) is 3.22. The van der Waals surface area contributed by atoms with Gasteiger partial charge in [-0.25, -0.2) is 0 Å². The molecule has 1 atom stereocenters. The minimum atomic E-state index is -0.245. The van der Waals surface area contributed by atoms with Gasteiger partial charge in [0.2, 0.25) is 0 Å². The molecule has 0 aliphatic carbocycles. The molecule has 19 heavy (non-hydrogen) atoms. The molecule has 0 fully saturated rings. The quantitative estimate of drug-likeness (QED) is 0.839. The van der Waals surface area contributed by atoms with Crippen LogP contribution in [0.5, 0.6) is 11.5 Å². The summed E-state index contributed by atoms with van der Waals surface area (Å²) in [7, 11) is 1.38. The Labute approximate surface area is 112 Å². The molecule has 1 unspecified atom stereocenters. The van der Waals surface area contributed by atoms with Gasteiger partial charge in [0, 0.05) is 12.5 Å². The number of methoxy groups -OCH3 is 1. The average molecular weight is 265 g/mol. The van der Waals surface area contributed by atoms with Gasteiger partial charge in [-0.2, -0.15) is 0 Å². The molecule has 5 heteroatoms. The molecule has 1 aliphatic heterocycles. The van der Waals surface area contributed by atoms with Crippen LogP contribution in [-0.2, 0) is 9.53 Å². The van der Waals surface area contributed by atoms with Crippen molar-refractivity contribution in [3.63, 3.8) is 0 Å². The van der Waals surface area contributed by atoms with E-state index in [1.54, 1.807) is 0 Å². The van der Waals surface area contributed by atoms with Crippen LogP contribution >= 0.6 is 0 Å². The van der Waals surface area contributed by atoms with E-state index >= 15 is 0 Å². The van der Waals surface area contributed by atoms with Crippen LogP contribution in [-0.4, -0.2) is 26.3 Å². The second-order valence-electron chi connectivity index (χ2n) is 4.57. The Balaban J connectivity index is 2.12. The smallest absolute Gasteiger partial charge is 0.305 e. The van der Waals surface area contributed by atoms with Gasteiger partial charge in [0.05, 0.1) is 7.11 Å². The van der Waals surface area contributed by atoms with Crippen LogP contribution in [0.2, 0.25) is 0 Å². The van der Waals surface area contributed by atoms with Gasteiger partial charge in [-0.1, -0.05) is 0 Å². The van der Waals surface area contributed by atoms with Crippen LogP contribution in [0.4, 0.5) is 0 Å². The van der Waals surface area contributed by atoms with Crippen molar-refractivity contribution in [1.82, 2.24) is 0 Å². The highest BCUT2D eigenvalue weighted by atomic mass is 16.6. The lowest BCUT2D eigenvalue weighted by Crippen LogP contribution is -2.18. The minimum absolute atomic E-state index is 0.213. The fraction of sp³-hybridized carbons (Fsp3) is 0.500. The van der Waals surface area contributed by atoms with Crippen molar-refractivity contribution in [3.05, 3.63) is 23.3 Å². The summed E-state index contributed by atoms with van der Waals surface area (Å²) in [5, 5.41) is 0. The number of nitrogens with two attached hydrogens (primary N) is 1. The zero-order chi connectivity index (χ0) is 13.8. The van der Waals surface area contributed by atoms with Crippen LogP contribution in [0.1, 0.15) is 30.0 Å². The first-order valence-electron chi connectivity index (χ1n) is 6.34. The summed E-state index contributed by atoms with van der Waals surface area (Å²) < 4.78 is 15.7. The lowest BCUT2D eigenvalue weighted by molar-refractivity contribution is -0.140. The summed E-state index contributed by atoms with van der Waals surface area (Å²) in [6.45, 7) is 3.10. The molecule has 2 rings (SSSR count). The molecule has 0 amide bonds. The summed E-state index contributed by atoms with van der Waals surface area (Å²) >= 11 is 0. The maximum atomic E-state index is 11.1. The van der Waals surface area contributed by atoms with Gasteiger partial charge in [0.15, 0.2) is 11.5 Å². The van der Waals surface area contributed by atoms with Gasteiger partial charge in [-0.05, 0) is 36.6 Å². The van der Waals surface area contributed by atoms with Crippen LogP contribution in [0.25, 0.3) is 0 Å². The average Bonchev–Trinajstić information content (AvgIpc) is 2.43. The monoisotopic (exact) mass is 265 g/mol.